The van der Waals surface area contributed by atoms with Gasteiger partial charge in [-0.15, -0.1) is 0 Å². The summed E-state index contributed by atoms with van der Waals surface area (Å²) in [4.78, 5) is 21.4. The van der Waals surface area contributed by atoms with Crippen molar-refractivity contribution < 1.29 is 5.11 Å². The van der Waals surface area contributed by atoms with Gasteiger partial charge in [-0.05, 0) is 38.0 Å². The van der Waals surface area contributed by atoms with E-state index in [1.807, 2.05) is 0 Å². The molecule has 0 bridgehead atoms. The van der Waals surface area contributed by atoms with E-state index >= 15 is 0 Å². The van der Waals surface area contributed by atoms with Crippen molar-refractivity contribution in [1.29, 1.82) is 0 Å². The first-order valence-corrected chi connectivity index (χ1v) is 7.34. The molecular formula is C14H21N3O2. The molecule has 1 aromatic heterocycles. The lowest BCUT2D eigenvalue weighted by Crippen LogP contribution is -2.33. The Morgan fingerprint density at radius 1 is 1.11 bits per heavy atom. The second-order valence-corrected chi connectivity index (χ2v) is 5.66. The number of hydrogen-bond acceptors (Lipinski definition) is 4. The highest BCUT2D eigenvalue weighted by molar-refractivity contribution is 5.37. The summed E-state index contributed by atoms with van der Waals surface area (Å²) < 4.78 is 0. The maximum Gasteiger partial charge on any atom is 0.259 e. The number of anilines is 1. The number of nitrogens with zero attached hydrogens (tertiary/aromatic N) is 2. The predicted molar refractivity (Wildman–Crippen MR) is 73.8 cm³/mol. The maximum atomic E-state index is 12.2. The van der Waals surface area contributed by atoms with E-state index in [2.05, 4.69) is 14.9 Å². The molecule has 1 saturated carbocycles. The summed E-state index contributed by atoms with van der Waals surface area (Å²) in [5, 5.41) is 10.1. The van der Waals surface area contributed by atoms with E-state index in [1.54, 1.807) is 0 Å². The van der Waals surface area contributed by atoms with Gasteiger partial charge in [0.1, 0.15) is 0 Å². The standard InChI is InChI=1S/C14H21N3O2/c18-12-11(10-6-2-3-7-10)13(19)16-14(15-12)17-8-4-1-5-9-17/h10H,1-9H2,(H2,15,16,18,19). The van der Waals surface area contributed by atoms with Crippen LogP contribution < -0.4 is 10.5 Å². The number of rotatable bonds is 2. The van der Waals surface area contributed by atoms with Gasteiger partial charge in [0, 0.05) is 13.1 Å². The third kappa shape index (κ3) is 2.46. The number of piperidine rings is 1. The second-order valence-electron chi connectivity index (χ2n) is 5.66. The van der Waals surface area contributed by atoms with Gasteiger partial charge in [-0.25, -0.2) is 0 Å². The molecule has 0 aromatic carbocycles. The normalized spacial score (nSPS) is 20.9. The van der Waals surface area contributed by atoms with Crippen LogP contribution in [0.4, 0.5) is 5.95 Å². The van der Waals surface area contributed by atoms with Crippen LogP contribution in [0.3, 0.4) is 0 Å². The Balaban J connectivity index is 1.90. The number of H-pyrrole nitrogens is 1. The molecule has 0 spiro atoms. The zero-order chi connectivity index (χ0) is 13.2. The fourth-order valence-corrected chi connectivity index (χ4v) is 3.30. The molecule has 0 amide bonds. The van der Waals surface area contributed by atoms with Gasteiger partial charge in [0.25, 0.3) is 5.56 Å². The van der Waals surface area contributed by atoms with Crippen LogP contribution in [0.5, 0.6) is 5.88 Å². The molecule has 5 heteroatoms. The van der Waals surface area contributed by atoms with Crippen LogP contribution in [0.2, 0.25) is 0 Å². The number of aromatic hydroxyl groups is 1. The van der Waals surface area contributed by atoms with Gasteiger partial charge in [-0.3, -0.25) is 9.78 Å². The number of aromatic amines is 1. The van der Waals surface area contributed by atoms with E-state index in [4.69, 9.17) is 0 Å². The highest BCUT2D eigenvalue weighted by Crippen LogP contribution is 2.35. The highest BCUT2D eigenvalue weighted by Gasteiger charge is 2.25. The average Bonchev–Trinajstić information content (AvgIpc) is 2.93. The first kappa shape index (κ1) is 12.5. The first-order chi connectivity index (χ1) is 9.25. The lowest BCUT2D eigenvalue weighted by atomic mass is 10.00. The van der Waals surface area contributed by atoms with Crippen LogP contribution in [-0.2, 0) is 0 Å². The molecule has 1 aromatic rings. The first-order valence-electron chi connectivity index (χ1n) is 7.34. The molecule has 104 valence electrons. The second kappa shape index (κ2) is 5.23. The molecule has 3 rings (SSSR count). The Kier molecular flexibility index (Phi) is 3.44. The monoisotopic (exact) mass is 263 g/mol. The molecule has 0 unspecified atom stereocenters. The maximum absolute atomic E-state index is 12.2. The van der Waals surface area contributed by atoms with Crippen LogP contribution in [0.25, 0.3) is 0 Å². The van der Waals surface area contributed by atoms with Gasteiger partial charge in [0.05, 0.1) is 5.56 Å². The van der Waals surface area contributed by atoms with Crippen molar-refractivity contribution in [3.8, 4) is 5.88 Å². The van der Waals surface area contributed by atoms with E-state index in [1.165, 1.54) is 6.42 Å². The van der Waals surface area contributed by atoms with Crippen molar-refractivity contribution in [2.45, 2.75) is 50.9 Å². The summed E-state index contributed by atoms with van der Waals surface area (Å²) in [6.07, 6.45) is 7.72. The van der Waals surface area contributed by atoms with Crippen LogP contribution in [-0.4, -0.2) is 28.2 Å². The number of hydrogen-bond donors (Lipinski definition) is 2. The average molecular weight is 263 g/mol. The number of nitrogens with one attached hydrogen (secondary N) is 1. The van der Waals surface area contributed by atoms with Gasteiger partial charge < -0.3 is 10.0 Å². The Morgan fingerprint density at radius 3 is 2.42 bits per heavy atom. The molecule has 0 atom stereocenters. The Hall–Kier alpha value is -1.52. The molecule has 19 heavy (non-hydrogen) atoms. The van der Waals surface area contributed by atoms with Crippen molar-refractivity contribution in [3.05, 3.63) is 15.9 Å². The highest BCUT2D eigenvalue weighted by atomic mass is 16.3. The quantitative estimate of drug-likeness (QED) is 0.857. The summed E-state index contributed by atoms with van der Waals surface area (Å²) in [5.74, 6) is 0.659. The molecule has 2 heterocycles. The molecule has 2 aliphatic rings. The third-order valence-corrected chi connectivity index (χ3v) is 4.34. The molecule has 5 nitrogen and oxygen atoms in total. The topological polar surface area (TPSA) is 69.2 Å². The Bertz CT molecular complexity index is 500. The van der Waals surface area contributed by atoms with Crippen LogP contribution in [0.1, 0.15) is 56.4 Å². The van der Waals surface area contributed by atoms with Gasteiger partial charge in [0.15, 0.2) is 0 Å². The van der Waals surface area contributed by atoms with Crippen molar-refractivity contribution in [2.75, 3.05) is 18.0 Å². The van der Waals surface area contributed by atoms with E-state index in [0.29, 0.717) is 11.5 Å². The number of aromatic nitrogens is 2. The summed E-state index contributed by atoms with van der Waals surface area (Å²) in [6, 6.07) is 0. The van der Waals surface area contributed by atoms with E-state index < -0.39 is 0 Å². The largest absolute Gasteiger partial charge is 0.493 e. The van der Waals surface area contributed by atoms with Crippen LogP contribution in [0, 0.1) is 0 Å². The summed E-state index contributed by atoms with van der Waals surface area (Å²) in [6.45, 7) is 1.82. The molecule has 2 fully saturated rings. The minimum atomic E-state index is -0.153. The fraction of sp³-hybridized carbons (Fsp3) is 0.714. The van der Waals surface area contributed by atoms with E-state index in [0.717, 1.165) is 51.6 Å². The molecule has 1 aliphatic heterocycles. The zero-order valence-electron chi connectivity index (χ0n) is 11.2. The van der Waals surface area contributed by atoms with Gasteiger partial charge >= 0.3 is 0 Å². The predicted octanol–water partition coefficient (Wildman–Crippen LogP) is 2.12. The summed E-state index contributed by atoms with van der Waals surface area (Å²) >= 11 is 0. The van der Waals surface area contributed by atoms with Crippen LogP contribution in [0.15, 0.2) is 4.79 Å². The lowest BCUT2D eigenvalue weighted by molar-refractivity contribution is 0.433. The summed E-state index contributed by atoms with van der Waals surface area (Å²) in [5.41, 5.74) is 0.346. The summed E-state index contributed by atoms with van der Waals surface area (Å²) in [7, 11) is 0. The van der Waals surface area contributed by atoms with Gasteiger partial charge in [0.2, 0.25) is 11.8 Å². The zero-order valence-corrected chi connectivity index (χ0v) is 11.2. The van der Waals surface area contributed by atoms with Gasteiger partial charge in [-0.2, -0.15) is 4.98 Å². The third-order valence-electron chi connectivity index (χ3n) is 4.34. The molecule has 1 saturated heterocycles. The fourth-order valence-electron chi connectivity index (χ4n) is 3.30. The smallest absolute Gasteiger partial charge is 0.259 e. The SMILES string of the molecule is O=c1[nH]c(N2CCCCC2)nc(O)c1C1CCCC1. The van der Waals surface area contributed by atoms with Gasteiger partial charge in [-0.1, -0.05) is 12.8 Å². The van der Waals surface area contributed by atoms with Crippen molar-refractivity contribution >= 4 is 5.95 Å². The minimum Gasteiger partial charge on any atom is -0.493 e. The van der Waals surface area contributed by atoms with Crippen molar-refractivity contribution in [1.82, 2.24) is 9.97 Å². The Morgan fingerprint density at radius 2 is 1.79 bits per heavy atom. The van der Waals surface area contributed by atoms with Crippen molar-refractivity contribution in [2.24, 2.45) is 0 Å². The van der Waals surface area contributed by atoms with E-state index in [-0.39, 0.29) is 17.4 Å². The van der Waals surface area contributed by atoms with Crippen LogP contribution >= 0.6 is 0 Å². The molecule has 0 radical (unpaired) electrons. The van der Waals surface area contributed by atoms with Crippen molar-refractivity contribution in [3.63, 3.8) is 0 Å². The molecular weight excluding hydrogens is 242 g/mol. The molecule has 1 aliphatic carbocycles. The Labute approximate surface area is 112 Å². The lowest BCUT2D eigenvalue weighted by Gasteiger charge is -2.27. The van der Waals surface area contributed by atoms with E-state index in [9.17, 15) is 9.90 Å². The minimum absolute atomic E-state index is 0.0591. The molecule has 2 N–H and O–H groups in total.